The van der Waals surface area contributed by atoms with Crippen molar-refractivity contribution in [2.45, 2.75) is 18.9 Å². The molecule has 0 aromatic rings. The molecule has 1 unspecified atom stereocenters. The van der Waals surface area contributed by atoms with E-state index in [9.17, 15) is 21.6 Å². The Bertz CT molecular complexity index is 572. The molecule has 1 saturated heterocycles. The maximum Gasteiger partial charge on any atom is 0.339 e. The van der Waals surface area contributed by atoms with Crippen molar-refractivity contribution >= 4 is 26.2 Å². The predicted octanol–water partition coefficient (Wildman–Crippen LogP) is -1.13. The number of nitrogens with zero attached hydrogens (tertiary/aromatic N) is 1. The summed E-state index contributed by atoms with van der Waals surface area (Å²) in [4.78, 5) is 11.4. The van der Waals surface area contributed by atoms with Crippen LogP contribution in [0.5, 0.6) is 0 Å². The summed E-state index contributed by atoms with van der Waals surface area (Å²) in [5.41, 5.74) is 0. The van der Waals surface area contributed by atoms with Gasteiger partial charge in [0.2, 0.25) is 5.08 Å². The minimum Gasteiger partial charge on any atom is -0.464 e. The van der Waals surface area contributed by atoms with E-state index >= 15 is 0 Å². The van der Waals surface area contributed by atoms with Gasteiger partial charge in [0.15, 0.2) is 6.10 Å². The van der Waals surface area contributed by atoms with E-state index in [2.05, 4.69) is 13.1 Å². The Balaban J connectivity index is 2.64. The third-order valence-corrected chi connectivity index (χ3v) is 5.22. The summed E-state index contributed by atoms with van der Waals surface area (Å²) in [7, 11) is -8.71. The molecule has 9 nitrogen and oxygen atoms in total. The first-order chi connectivity index (χ1) is 8.76. The monoisotopic (exact) mass is 313 g/mol. The molecule has 0 amide bonds. The van der Waals surface area contributed by atoms with Crippen molar-refractivity contribution in [3.05, 3.63) is 0 Å². The molecule has 11 heteroatoms. The van der Waals surface area contributed by atoms with Crippen molar-refractivity contribution in [2.75, 3.05) is 18.3 Å². The van der Waals surface area contributed by atoms with Gasteiger partial charge in [0.25, 0.3) is 20.2 Å². The second-order valence-electron chi connectivity index (χ2n) is 3.53. The molecule has 0 radical (unpaired) electrons. The smallest absolute Gasteiger partial charge is 0.339 e. The highest BCUT2D eigenvalue weighted by molar-refractivity contribution is 8.03. The quantitative estimate of drug-likeness (QED) is 0.358. The van der Waals surface area contributed by atoms with Crippen LogP contribution < -0.4 is 0 Å². The molecule has 0 spiro atoms. The van der Waals surface area contributed by atoms with E-state index in [1.807, 2.05) is 6.07 Å². The van der Waals surface area contributed by atoms with Crippen molar-refractivity contribution in [1.82, 2.24) is 0 Å². The third kappa shape index (κ3) is 5.52. The van der Waals surface area contributed by atoms with Gasteiger partial charge in [-0.05, 0) is 6.42 Å². The highest BCUT2D eigenvalue weighted by Gasteiger charge is 2.37. The van der Waals surface area contributed by atoms with Crippen LogP contribution >= 0.6 is 0 Å². The Hall–Kier alpha value is -1.22. The van der Waals surface area contributed by atoms with Crippen LogP contribution in [0.15, 0.2) is 0 Å². The van der Waals surface area contributed by atoms with Gasteiger partial charge in [0.1, 0.15) is 6.61 Å². The maximum absolute atomic E-state index is 11.4. The summed E-state index contributed by atoms with van der Waals surface area (Å²) >= 11 is 0. The molecular formula is C8H11NO8S2. The second-order valence-corrected chi connectivity index (χ2v) is 7.13. The average Bonchev–Trinajstić information content (AvgIpc) is 2.39. The van der Waals surface area contributed by atoms with Crippen LogP contribution in [0.25, 0.3) is 0 Å². The van der Waals surface area contributed by atoms with E-state index in [1.165, 1.54) is 0 Å². The zero-order valence-corrected chi connectivity index (χ0v) is 11.3. The lowest BCUT2D eigenvalue weighted by molar-refractivity contribution is -0.153. The van der Waals surface area contributed by atoms with Crippen LogP contribution in [0.4, 0.5) is 0 Å². The fraction of sp³-hybridized carbons (Fsp3) is 0.750. The Morgan fingerprint density at radius 1 is 1.32 bits per heavy atom. The molecule has 0 aliphatic carbocycles. The Morgan fingerprint density at radius 3 is 2.63 bits per heavy atom. The van der Waals surface area contributed by atoms with Crippen LogP contribution in [-0.2, 0) is 38.1 Å². The Labute approximate surface area is 110 Å². The van der Waals surface area contributed by atoms with E-state index < -0.39 is 44.0 Å². The molecule has 1 rings (SSSR count). The Morgan fingerprint density at radius 2 is 2.00 bits per heavy atom. The molecule has 1 fully saturated rings. The SMILES string of the molecule is N#CCCCOC(=O)C1COS(=O)(=O)CS(=O)(=O)O1. The van der Waals surface area contributed by atoms with Gasteiger partial charge in [-0.3, -0.25) is 8.37 Å². The largest absolute Gasteiger partial charge is 0.464 e. The van der Waals surface area contributed by atoms with Gasteiger partial charge in [0.05, 0.1) is 12.7 Å². The van der Waals surface area contributed by atoms with Gasteiger partial charge in [-0.1, -0.05) is 0 Å². The average molecular weight is 313 g/mol. The molecule has 1 aliphatic heterocycles. The lowest BCUT2D eigenvalue weighted by Gasteiger charge is -2.11. The van der Waals surface area contributed by atoms with Crippen molar-refractivity contribution in [1.29, 1.82) is 5.26 Å². The summed E-state index contributed by atoms with van der Waals surface area (Å²) in [6.07, 6.45) is -1.22. The second kappa shape index (κ2) is 6.29. The number of hydrogen-bond donors (Lipinski definition) is 0. The van der Waals surface area contributed by atoms with Crippen LogP contribution in [0, 0.1) is 11.3 Å². The molecular weight excluding hydrogens is 302 g/mol. The number of esters is 1. The molecule has 0 aromatic carbocycles. The van der Waals surface area contributed by atoms with Gasteiger partial charge >= 0.3 is 5.97 Å². The predicted molar refractivity (Wildman–Crippen MR) is 59.3 cm³/mol. The first kappa shape index (κ1) is 15.8. The summed E-state index contributed by atoms with van der Waals surface area (Å²) in [6, 6.07) is 1.83. The standard InChI is InChI=1S/C8H11NO8S2/c9-3-1-2-4-15-8(10)7-5-16-18(11,12)6-19(13,14)17-7/h7H,1-2,4-6H2. The molecule has 108 valence electrons. The van der Waals surface area contributed by atoms with Crippen molar-refractivity contribution in [3.8, 4) is 6.07 Å². The lowest BCUT2D eigenvalue weighted by atomic mass is 10.3. The van der Waals surface area contributed by atoms with E-state index in [4.69, 9.17) is 5.26 Å². The molecule has 0 N–H and O–H groups in total. The van der Waals surface area contributed by atoms with Gasteiger partial charge < -0.3 is 4.74 Å². The van der Waals surface area contributed by atoms with Gasteiger partial charge in [0, 0.05) is 6.42 Å². The van der Waals surface area contributed by atoms with Gasteiger partial charge in [-0.2, -0.15) is 22.1 Å². The third-order valence-electron chi connectivity index (χ3n) is 1.89. The van der Waals surface area contributed by atoms with Crippen LogP contribution in [-0.4, -0.2) is 47.2 Å². The summed E-state index contributed by atoms with van der Waals surface area (Å²) in [5, 5.41) is 6.91. The number of ether oxygens (including phenoxy) is 1. The first-order valence-electron chi connectivity index (χ1n) is 5.07. The maximum atomic E-state index is 11.4. The van der Waals surface area contributed by atoms with E-state index in [1.54, 1.807) is 0 Å². The zero-order chi connectivity index (χ0) is 14.5. The molecule has 0 bridgehead atoms. The van der Waals surface area contributed by atoms with Gasteiger partial charge in [-0.25, -0.2) is 4.79 Å². The summed E-state index contributed by atoms with van der Waals surface area (Å²) in [6.45, 7) is -0.863. The number of carbonyl (C=O) groups excluding carboxylic acids is 1. The number of rotatable bonds is 4. The first-order valence-corrected chi connectivity index (χ1v) is 8.23. The topological polar surface area (TPSA) is 137 Å². The lowest BCUT2D eigenvalue weighted by Crippen LogP contribution is -2.31. The fourth-order valence-corrected chi connectivity index (χ4v) is 3.86. The highest BCUT2D eigenvalue weighted by atomic mass is 32.3. The number of unbranched alkanes of at least 4 members (excludes halogenated alkanes) is 1. The van der Waals surface area contributed by atoms with E-state index in [-0.39, 0.29) is 19.4 Å². The number of nitriles is 1. The molecule has 0 saturated carbocycles. The molecule has 0 aromatic heterocycles. The molecule has 19 heavy (non-hydrogen) atoms. The normalized spacial score (nSPS) is 24.9. The van der Waals surface area contributed by atoms with Crippen molar-refractivity contribution < 1.29 is 34.7 Å². The van der Waals surface area contributed by atoms with Crippen LogP contribution in [0.3, 0.4) is 0 Å². The summed E-state index contributed by atoms with van der Waals surface area (Å²) in [5.74, 6) is -1.06. The Kier molecular flexibility index (Phi) is 5.24. The van der Waals surface area contributed by atoms with E-state index in [0.717, 1.165) is 0 Å². The van der Waals surface area contributed by atoms with E-state index in [0.29, 0.717) is 0 Å². The van der Waals surface area contributed by atoms with Crippen LogP contribution in [0.1, 0.15) is 12.8 Å². The fourth-order valence-electron chi connectivity index (χ4n) is 1.13. The minimum atomic E-state index is -4.42. The molecule has 1 heterocycles. The van der Waals surface area contributed by atoms with Crippen molar-refractivity contribution in [2.24, 2.45) is 0 Å². The molecule has 1 aliphatic rings. The number of carbonyl (C=O) groups is 1. The highest BCUT2D eigenvalue weighted by Crippen LogP contribution is 2.14. The molecule has 1 atom stereocenters. The summed E-state index contributed by atoms with van der Waals surface area (Å²) < 4.78 is 58.0. The van der Waals surface area contributed by atoms with Crippen molar-refractivity contribution in [3.63, 3.8) is 0 Å². The zero-order valence-electron chi connectivity index (χ0n) is 9.64. The number of hydrogen-bond acceptors (Lipinski definition) is 9. The minimum absolute atomic E-state index is 0.0982. The van der Waals surface area contributed by atoms with Crippen LogP contribution in [0.2, 0.25) is 0 Å². The van der Waals surface area contributed by atoms with Gasteiger partial charge in [-0.15, -0.1) is 0 Å².